The van der Waals surface area contributed by atoms with Crippen LogP contribution in [0, 0.1) is 5.92 Å². The number of carbonyl (C=O) groups is 2. The molecule has 0 fully saturated rings. The first-order valence-corrected chi connectivity index (χ1v) is 11.0. The van der Waals surface area contributed by atoms with Crippen molar-refractivity contribution < 1.29 is 14.3 Å². The van der Waals surface area contributed by atoms with Crippen molar-refractivity contribution in [1.82, 2.24) is 5.32 Å². The van der Waals surface area contributed by atoms with Crippen LogP contribution in [0.4, 0.5) is 11.4 Å². The lowest BCUT2D eigenvalue weighted by Crippen LogP contribution is -2.33. The Balaban J connectivity index is 1.83. The molecule has 166 valence electrons. The Bertz CT molecular complexity index is 911. The van der Waals surface area contributed by atoms with Gasteiger partial charge in [-0.15, -0.1) is 0 Å². The van der Waals surface area contributed by atoms with Crippen LogP contribution in [0.25, 0.3) is 0 Å². The molecule has 0 radical (unpaired) electrons. The summed E-state index contributed by atoms with van der Waals surface area (Å²) in [6, 6.07) is 14.1. The third kappa shape index (κ3) is 6.31. The van der Waals surface area contributed by atoms with Gasteiger partial charge in [-0.2, -0.15) is 0 Å². The number of methoxy groups -OCH3 is 1. The van der Waals surface area contributed by atoms with E-state index >= 15 is 0 Å². The largest absolute Gasteiger partial charge is 0.385 e. The monoisotopic (exact) mass is 423 g/mol. The molecule has 2 aromatic carbocycles. The van der Waals surface area contributed by atoms with Crippen LogP contribution in [0.1, 0.15) is 48.2 Å². The van der Waals surface area contributed by atoms with Gasteiger partial charge in [0.25, 0.3) is 5.91 Å². The summed E-state index contributed by atoms with van der Waals surface area (Å²) in [6.45, 7) is 6.77. The number of nitrogens with one attached hydrogen (secondary N) is 2. The number of hydrogen-bond acceptors (Lipinski definition) is 4. The van der Waals surface area contributed by atoms with Gasteiger partial charge in [0.05, 0.1) is 5.56 Å². The van der Waals surface area contributed by atoms with Crippen molar-refractivity contribution in [2.45, 2.75) is 39.7 Å². The van der Waals surface area contributed by atoms with E-state index in [0.717, 1.165) is 31.6 Å². The molecule has 0 aromatic heterocycles. The summed E-state index contributed by atoms with van der Waals surface area (Å²) >= 11 is 0. The highest BCUT2D eigenvalue weighted by Gasteiger charge is 2.22. The van der Waals surface area contributed by atoms with Crippen molar-refractivity contribution >= 4 is 23.2 Å². The lowest BCUT2D eigenvalue weighted by atomic mass is 9.98. The predicted octanol–water partition coefficient (Wildman–Crippen LogP) is 4.00. The van der Waals surface area contributed by atoms with Crippen molar-refractivity contribution in [3.63, 3.8) is 0 Å². The zero-order valence-electron chi connectivity index (χ0n) is 18.7. The van der Waals surface area contributed by atoms with E-state index in [2.05, 4.69) is 39.8 Å². The minimum absolute atomic E-state index is 0.0406. The fourth-order valence-electron chi connectivity index (χ4n) is 3.87. The average Bonchev–Trinajstić information content (AvgIpc) is 2.75. The van der Waals surface area contributed by atoms with Gasteiger partial charge in [-0.05, 0) is 48.1 Å². The number of fused-ring (bicyclic) bond motifs is 1. The standard InChI is InChI=1S/C25H33N3O3/c1-18(2)15-24(29)27-21-9-10-23(22(16-21)25(30)26-12-6-14-31-3)28-13-11-19-7-4-5-8-20(19)17-28/h4-5,7-10,16,18H,6,11-15,17H2,1-3H3,(H,26,30)(H,27,29). The lowest BCUT2D eigenvalue weighted by Gasteiger charge is -2.32. The summed E-state index contributed by atoms with van der Waals surface area (Å²) in [5.41, 5.74) is 4.77. The third-order valence-electron chi connectivity index (χ3n) is 5.40. The first-order chi connectivity index (χ1) is 15.0. The molecule has 0 bridgehead atoms. The summed E-state index contributed by atoms with van der Waals surface area (Å²) in [5, 5.41) is 5.92. The lowest BCUT2D eigenvalue weighted by molar-refractivity contribution is -0.116. The summed E-state index contributed by atoms with van der Waals surface area (Å²) < 4.78 is 5.07. The molecule has 0 saturated heterocycles. The fraction of sp³-hybridized carbons (Fsp3) is 0.440. The Morgan fingerprint density at radius 3 is 2.65 bits per heavy atom. The number of rotatable bonds is 9. The van der Waals surface area contributed by atoms with Gasteiger partial charge < -0.3 is 20.3 Å². The van der Waals surface area contributed by atoms with Crippen molar-refractivity contribution in [1.29, 1.82) is 0 Å². The SMILES string of the molecule is COCCCNC(=O)c1cc(NC(=O)CC(C)C)ccc1N1CCc2ccccc2C1. The molecule has 31 heavy (non-hydrogen) atoms. The van der Waals surface area contributed by atoms with Crippen LogP contribution in [0.2, 0.25) is 0 Å². The molecule has 2 N–H and O–H groups in total. The minimum atomic E-state index is -0.134. The predicted molar refractivity (Wildman–Crippen MR) is 125 cm³/mol. The van der Waals surface area contributed by atoms with E-state index in [1.165, 1.54) is 11.1 Å². The second-order valence-electron chi connectivity index (χ2n) is 8.42. The molecule has 0 saturated carbocycles. The van der Waals surface area contributed by atoms with Crippen LogP contribution >= 0.6 is 0 Å². The Morgan fingerprint density at radius 2 is 1.90 bits per heavy atom. The molecule has 6 nitrogen and oxygen atoms in total. The maximum absolute atomic E-state index is 13.0. The molecule has 0 aliphatic carbocycles. The average molecular weight is 424 g/mol. The van der Waals surface area contributed by atoms with Crippen LogP contribution in [0.3, 0.4) is 0 Å². The molecule has 0 unspecified atom stereocenters. The van der Waals surface area contributed by atoms with Crippen LogP contribution in [0.15, 0.2) is 42.5 Å². The third-order valence-corrected chi connectivity index (χ3v) is 5.40. The van der Waals surface area contributed by atoms with E-state index in [-0.39, 0.29) is 17.7 Å². The Morgan fingerprint density at radius 1 is 1.13 bits per heavy atom. The Kier molecular flexibility index (Phi) is 8.06. The first-order valence-electron chi connectivity index (χ1n) is 11.0. The number of nitrogens with zero attached hydrogens (tertiary/aromatic N) is 1. The number of hydrogen-bond donors (Lipinski definition) is 2. The Labute approximate surface area is 185 Å². The molecule has 0 atom stereocenters. The molecular formula is C25H33N3O3. The van der Waals surface area contributed by atoms with Gasteiger partial charge in [0.2, 0.25) is 5.91 Å². The molecule has 2 aromatic rings. The van der Waals surface area contributed by atoms with E-state index in [0.29, 0.717) is 30.8 Å². The van der Waals surface area contributed by atoms with Crippen LogP contribution in [-0.2, 0) is 22.5 Å². The van der Waals surface area contributed by atoms with Crippen LogP contribution in [0.5, 0.6) is 0 Å². The maximum atomic E-state index is 13.0. The molecule has 1 aliphatic heterocycles. The van der Waals surface area contributed by atoms with Gasteiger partial charge in [0.1, 0.15) is 0 Å². The maximum Gasteiger partial charge on any atom is 0.253 e. The fourth-order valence-corrected chi connectivity index (χ4v) is 3.87. The highest BCUT2D eigenvalue weighted by Crippen LogP contribution is 2.29. The van der Waals surface area contributed by atoms with Crippen molar-refractivity contribution in [3.05, 3.63) is 59.2 Å². The van der Waals surface area contributed by atoms with Crippen LogP contribution < -0.4 is 15.5 Å². The van der Waals surface area contributed by atoms with E-state index in [1.807, 2.05) is 26.0 Å². The molecule has 2 amide bonds. The second-order valence-corrected chi connectivity index (χ2v) is 8.42. The van der Waals surface area contributed by atoms with Gasteiger partial charge in [0, 0.05) is 51.1 Å². The molecular weight excluding hydrogens is 390 g/mol. The van der Waals surface area contributed by atoms with Gasteiger partial charge in [-0.3, -0.25) is 9.59 Å². The summed E-state index contributed by atoms with van der Waals surface area (Å²) in [6.07, 6.45) is 2.14. The van der Waals surface area contributed by atoms with Crippen LogP contribution in [-0.4, -0.2) is 38.6 Å². The number of amides is 2. The smallest absolute Gasteiger partial charge is 0.253 e. The Hall–Kier alpha value is -2.86. The highest BCUT2D eigenvalue weighted by atomic mass is 16.5. The van der Waals surface area contributed by atoms with Crippen molar-refractivity contribution in [2.24, 2.45) is 5.92 Å². The second kappa shape index (κ2) is 11.0. The number of anilines is 2. The van der Waals surface area contributed by atoms with Gasteiger partial charge in [-0.25, -0.2) is 0 Å². The molecule has 6 heteroatoms. The molecule has 3 rings (SSSR count). The van der Waals surface area contributed by atoms with E-state index in [4.69, 9.17) is 4.74 Å². The first kappa shape index (κ1) is 22.8. The zero-order chi connectivity index (χ0) is 22.2. The van der Waals surface area contributed by atoms with Gasteiger partial charge >= 0.3 is 0 Å². The topological polar surface area (TPSA) is 70.7 Å². The van der Waals surface area contributed by atoms with Gasteiger partial charge in [0.15, 0.2) is 0 Å². The van der Waals surface area contributed by atoms with E-state index in [1.54, 1.807) is 13.2 Å². The zero-order valence-corrected chi connectivity index (χ0v) is 18.7. The molecule has 1 heterocycles. The normalized spacial score (nSPS) is 13.1. The summed E-state index contributed by atoms with van der Waals surface area (Å²) in [5.74, 6) is 0.0993. The van der Waals surface area contributed by atoms with Crippen molar-refractivity contribution in [3.8, 4) is 0 Å². The molecule has 0 spiro atoms. The van der Waals surface area contributed by atoms with Gasteiger partial charge in [-0.1, -0.05) is 38.1 Å². The highest BCUT2D eigenvalue weighted by molar-refractivity contribution is 6.02. The van der Waals surface area contributed by atoms with E-state index < -0.39 is 0 Å². The summed E-state index contributed by atoms with van der Waals surface area (Å²) in [4.78, 5) is 27.5. The number of carbonyl (C=O) groups excluding carboxylic acids is 2. The summed E-state index contributed by atoms with van der Waals surface area (Å²) in [7, 11) is 1.65. The van der Waals surface area contributed by atoms with E-state index in [9.17, 15) is 9.59 Å². The quantitative estimate of drug-likeness (QED) is 0.598. The number of ether oxygens (including phenoxy) is 1. The number of benzene rings is 2. The molecule has 1 aliphatic rings. The minimum Gasteiger partial charge on any atom is -0.385 e. The van der Waals surface area contributed by atoms with Crippen molar-refractivity contribution in [2.75, 3.05) is 37.0 Å².